The maximum atomic E-state index is 13.3. The molecule has 4 heterocycles. The number of ether oxygens (including phenoxy) is 4. The van der Waals surface area contributed by atoms with E-state index < -0.39 is 43.2 Å². The molecule has 2 fully saturated rings. The van der Waals surface area contributed by atoms with Crippen LogP contribution in [0.4, 0.5) is 22.7 Å². The van der Waals surface area contributed by atoms with Gasteiger partial charge in [-0.15, -0.1) is 0 Å². The zero-order valence-electron chi connectivity index (χ0n) is 29.3. The predicted octanol–water partition coefficient (Wildman–Crippen LogP) is 1.56. The van der Waals surface area contributed by atoms with Gasteiger partial charge in [0.1, 0.15) is 35.9 Å². The van der Waals surface area contributed by atoms with Crippen molar-refractivity contribution >= 4 is 46.7 Å². The van der Waals surface area contributed by atoms with E-state index in [0.717, 1.165) is 19.3 Å². The van der Waals surface area contributed by atoms with Gasteiger partial charge in [-0.3, -0.25) is 19.4 Å². The highest BCUT2D eigenvalue weighted by Gasteiger charge is 2.45. The third-order valence-corrected chi connectivity index (χ3v) is 9.38. The average Bonchev–Trinajstić information content (AvgIpc) is 3.46. The highest BCUT2D eigenvalue weighted by Crippen LogP contribution is 2.38. The maximum Gasteiger partial charge on any atom is 0.272 e. The summed E-state index contributed by atoms with van der Waals surface area (Å²) in [6.45, 7) is 0.230. The number of methoxy groups -OCH3 is 1. The first-order valence-corrected chi connectivity index (χ1v) is 17.3. The van der Waals surface area contributed by atoms with E-state index >= 15 is 0 Å². The van der Waals surface area contributed by atoms with Crippen molar-refractivity contribution in [2.45, 2.75) is 68.9 Å². The predicted molar refractivity (Wildman–Crippen MR) is 192 cm³/mol. The number of aliphatic hydroxyl groups is 4. The lowest BCUT2D eigenvalue weighted by molar-refractivity contribution is -0.277. The Hall–Kier alpha value is -5.20. The van der Waals surface area contributed by atoms with Crippen LogP contribution < -0.4 is 30.6 Å². The summed E-state index contributed by atoms with van der Waals surface area (Å²) >= 11 is 0. The van der Waals surface area contributed by atoms with Gasteiger partial charge in [-0.05, 0) is 49.9 Å². The zero-order chi connectivity index (χ0) is 37.8. The highest BCUT2D eigenvalue weighted by molar-refractivity contribution is 6.05. The summed E-state index contributed by atoms with van der Waals surface area (Å²) in [6.07, 6.45) is -0.869. The van der Waals surface area contributed by atoms with Crippen molar-refractivity contribution in [3.8, 4) is 17.2 Å². The van der Waals surface area contributed by atoms with E-state index in [-0.39, 0.29) is 53.7 Å². The number of benzene rings is 2. The molecule has 1 aromatic heterocycles. The number of hydrogen-bond donors (Lipinski definition) is 7. The summed E-state index contributed by atoms with van der Waals surface area (Å²) in [5.74, 6) is -0.150. The number of carbonyl (C=O) groups excluding carboxylic acids is 3. The van der Waals surface area contributed by atoms with E-state index in [9.17, 15) is 34.8 Å². The molecule has 3 aliphatic heterocycles. The fraction of sp³-hybridized carbons (Fsp3) is 0.444. The molecule has 3 aliphatic rings. The van der Waals surface area contributed by atoms with Gasteiger partial charge in [0.2, 0.25) is 12.2 Å². The first-order valence-electron chi connectivity index (χ1n) is 17.3. The molecule has 0 aliphatic carbocycles. The van der Waals surface area contributed by atoms with Gasteiger partial charge >= 0.3 is 0 Å². The van der Waals surface area contributed by atoms with Gasteiger partial charge in [-0.1, -0.05) is 0 Å². The Labute approximate surface area is 304 Å². The van der Waals surface area contributed by atoms with Crippen LogP contribution in [0, 0.1) is 0 Å². The van der Waals surface area contributed by atoms with Gasteiger partial charge < -0.3 is 65.2 Å². The molecule has 2 aromatic carbocycles. The molecule has 0 spiro atoms. The van der Waals surface area contributed by atoms with Gasteiger partial charge in [-0.2, -0.15) is 0 Å². The Balaban J connectivity index is 1.03. The topological polar surface area (TPSA) is 240 Å². The minimum Gasteiger partial charge on any atom is -0.493 e. The Bertz CT molecular complexity index is 1860. The number of anilines is 3. The summed E-state index contributed by atoms with van der Waals surface area (Å²) in [4.78, 5) is 45.9. The van der Waals surface area contributed by atoms with Crippen LogP contribution in [-0.4, -0.2) is 117 Å². The molecule has 3 aromatic rings. The SMILES string of the molecule is COc1cc2c(cc1OCCCC(=O)Nc1cc(C(=O)Nc3ccc(N)cc3O[C@@H]3O[C@H](CO)[C@@H](O)[C@H](O)[C@H]3O)n(C)c1)N=C[C@@H]1CCCCN1C2=O. The zero-order valence-corrected chi connectivity index (χ0v) is 29.3. The minimum atomic E-state index is -1.68. The van der Waals surface area contributed by atoms with Crippen LogP contribution >= 0.6 is 0 Å². The molecule has 17 nitrogen and oxygen atoms in total. The van der Waals surface area contributed by atoms with Crippen LogP contribution in [0.25, 0.3) is 0 Å². The summed E-state index contributed by atoms with van der Waals surface area (Å²) in [7, 11) is 3.13. The summed E-state index contributed by atoms with van der Waals surface area (Å²) in [6, 6.07) is 9.16. The monoisotopic (exact) mass is 736 g/mol. The molecule has 0 radical (unpaired) electrons. The van der Waals surface area contributed by atoms with Crippen LogP contribution in [0.5, 0.6) is 17.2 Å². The molecule has 0 bridgehead atoms. The highest BCUT2D eigenvalue weighted by atomic mass is 16.7. The Morgan fingerprint density at radius 2 is 1.85 bits per heavy atom. The average molecular weight is 737 g/mol. The number of aromatic nitrogens is 1. The minimum absolute atomic E-state index is 0.00641. The van der Waals surface area contributed by atoms with E-state index in [0.29, 0.717) is 41.4 Å². The van der Waals surface area contributed by atoms with Crippen LogP contribution in [0.2, 0.25) is 0 Å². The second kappa shape index (κ2) is 16.2. The lowest BCUT2D eigenvalue weighted by Crippen LogP contribution is -2.60. The number of amides is 3. The molecule has 0 unspecified atom stereocenters. The number of aryl methyl sites for hydroxylation is 1. The Morgan fingerprint density at radius 3 is 2.62 bits per heavy atom. The molecule has 53 heavy (non-hydrogen) atoms. The number of nitrogens with zero attached hydrogens (tertiary/aromatic N) is 3. The smallest absolute Gasteiger partial charge is 0.272 e. The molecule has 8 N–H and O–H groups in total. The summed E-state index contributed by atoms with van der Waals surface area (Å²) in [5.41, 5.74) is 7.87. The van der Waals surface area contributed by atoms with Crippen molar-refractivity contribution in [2.24, 2.45) is 12.0 Å². The number of fused-ring (bicyclic) bond motifs is 2. The molecule has 284 valence electrons. The number of nitrogen functional groups attached to an aromatic ring is 1. The van der Waals surface area contributed by atoms with Gasteiger partial charge in [0.05, 0.1) is 49.0 Å². The van der Waals surface area contributed by atoms with E-state index in [2.05, 4.69) is 15.6 Å². The number of nitrogens with two attached hydrogens (primary N) is 1. The fourth-order valence-corrected chi connectivity index (χ4v) is 6.50. The Morgan fingerprint density at radius 1 is 1.04 bits per heavy atom. The normalized spacial score (nSPS) is 23.7. The number of piperidine rings is 1. The van der Waals surface area contributed by atoms with Crippen LogP contribution in [0.15, 0.2) is 47.6 Å². The van der Waals surface area contributed by atoms with E-state index in [4.69, 9.17) is 24.7 Å². The maximum absolute atomic E-state index is 13.3. The van der Waals surface area contributed by atoms with Gasteiger partial charge in [0.25, 0.3) is 11.8 Å². The molecular weight excluding hydrogens is 692 g/mol. The quantitative estimate of drug-likeness (QED) is 0.104. The number of aliphatic imine (C=N–C) groups is 1. The van der Waals surface area contributed by atoms with E-state index in [1.54, 1.807) is 25.4 Å². The first kappa shape index (κ1) is 37.6. The third kappa shape index (κ3) is 8.23. The lowest BCUT2D eigenvalue weighted by Gasteiger charge is -2.39. The van der Waals surface area contributed by atoms with Crippen LogP contribution in [0.1, 0.15) is 53.0 Å². The molecule has 6 rings (SSSR count). The molecular formula is C36H44N6O11. The lowest BCUT2D eigenvalue weighted by atomic mass is 9.99. The van der Waals surface area contributed by atoms with Crippen molar-refractivity contribution in [3.63, 3.8) is 0 Å². The number of hydrogen-bond acceptors (Lipinski definition) is 13. The Kier molecular flexibility index (Phi) is 11.5. The second-order valence-electron chi connectivity index (χ2n) is 13.1. The molecule has 3 amide bonds. The van der Waals surface area contributed by atoms with E-state index in [1.165, 1.54) is 35.9 Å². The van der Waals surface area contributed by atoms with Crippen LogP contribution in [0.3, 0.4) is 0 Å². The van der Waals surface area contributed by atoms with Crippen molar-refractivity contribution in [1.29, 1.82) is 0 Å². The van der Waals surface area contributed by atoms with Crippen molar-refractivity contribution in [2.75, 3.05) is 43.2 Å². The summed E-state index contributed by atoms with van der Waals surface area (Å²) in [5, 5.41) is 45.6. The van der Waals surface area contributed by atoms with E-state index in [1.807, 2.05) is 11.1 Å². The number of carbonyl (C=O) groups is 3. The number of nitrogens with one attached hydrogen (secondary N) is 2. The van der Waals surface area contributed by atoms with Crippen LogP contribution in [-0.2, 0) is 16.6 Å². The van der Waals surface area contributed by atoms with Gasteiger partial charge in [-0.25, -0.2) is 0 Å². The molecule has 0 saturated carbocycles. The van der Waals surface area contributed by atoms with Crippen molar-refractivity contribution < 1.29 is 53.8 Å². The van der Waals surface area contributed by atoms with Crippen molar-refractivity contribution in [1.82, 2.24) is 9.47 Å². The van der Waals surface area contributed by atoms with Gasteiger partial charge in [0, 0.05) is 50.2 Å². The molecule has 17 heteroatoms. The van der Waals surface area contributed by atoms with Crippen molar-refractivity contribution in [3.05, 3.63) is 53.9 Å². The number of aliphatic hydroxyl groups excluding tert-OH is 4. The molecule has 6 atom stereocenters. The third-order valence-electron chi connectivity index (χ3n) is 9.38. The van der Waals surface area contributed by atoms with Gasteiger partial charge in [0.15, 0.2) is 11.5 Å². The fourth-order valence-electron chi connectivity index (χ4n) is 6.50. The first-order chi connectivity index (χ1) is 25.5. The molecule has 2 saturated heterocycles. The standard InChI is InChI=1S/C36H44N6O11/c1-41-17-20(13-25(41)34(48)40-23-9-8-19(37)12-26(23)52-36-33(47)32(46)31(45)29(18-43)53-36)39-30(44)7-5-11-51-28-15-24-22(14-27(28)50-2)35(49)42-10-4-3-6-21(42)16-38-24/h8-9,12-17,21,29,31-33,36,43,45-47H,3-7,10-11,18,37H2,1-2H3,(H,39,44)(H,40,48)/t21-,29+,31+,32-,33+,36+/m0/s1. The number of rotatable bonds is 12. The summed E-state index contributed by atoms with van der Waals surface area (Å²) < 4.78 is 24.2. The second-order valence-corrected chi connectivity index (χ2v) is 13.1. The largest absolute Gasteiger partial charge is 0.493 e.